The second-order valence-corrected chi connectivity index (χ2v) is 6.06. The Labute approximate surface area is 122 Å². The van der Waals surface area contributed by atoms with E-state index in [0.717, 1.165) is 6.07 Å². The van der Waals surface area contributed by atoms with Gasteiger partial charge in [-0.15, -0.1) is 5.10 Å². The van der Waals surface area contributed by atoms with Crippen molar-refractivity contribution in [2.45, 2.75) is 4.90 Å². The molecule has 0 spiro atoms. The molecule has 0 fully saturated rings. The van der Waals surface area contributed by atoms with E-state index in [-0.39, 0.29) is 20.9 Å². The molecule has 0 atom stereocenters. The van der Waals surface area contributed by atoms with E-state index in [9.17, 15) is 13.2 Å². The first-order valence-electron chi connectivity index (χ1n) is 5.09. The van der Waals surface area contributed by atoms with Crippen LogP contribution in [0.15, 0.2) is 40.0 Å². The van der Waals surface area contributed by atoms with Crippen molar-refractivity contribution in [1.82, 2.24) is 15.2 Å². The number of halogens is 1. The summed E-state index contributed by atoms with van der Waals surface area (Å²) in [5.41, 5.74) is -0.167. The molecule has 0 saturated carbocycles. The van der Waals surface area contributed by atoms with Crippen molar-refractivity contribution in [3.05, 3.63) is 40.6 Å². The Kier molecular flexibility index (Phi) is 3.95. The smallest absolute Gasteiger partial charge is 0.336 e. The summed E-state index contributed by atoms with van der Waals surface area (Å²) in [6.45, 7) is 0. The lowest BCUT2D eigenvalue weighted by Gasteiger charge is -2.07. The van der Waals surface area contributed by atoms with Gasteiger partial charge in [0.15, 0.2) is 0 Å². The zero-order chi connectivity index (χ0) is 14.8. The van der Waals surface area contributed by atoms with Crippen LogP contribution in [0.3, 0.4) is 0 Å². The second kappa shape index (κ2) is 5.51. The van der Waals surface area contributed by atoms with E-state index in [0.29, 0.717) is 0 Å². The fraction of sp³-hybridized carbons (Fsp3) is 0. The minimum absolute atomic E-state index is 0.167. The predicted octanol–water partition coefficient (Wildman–Crippen LogP) is 1.13. The van der Waals surface area contributed by atoms with Crippen LogP contribution in [0.4, 0.5) is 5.95 Å². The summed E-state index contributed by atoms with van der Waals surface area (Å²) in [7, 11) is -3.99. The van der Waals surface area contributed by atoms with Gasteiger partial charge < -0.3 is 5.11 Å². The first-order valence-corrected chi connectivity index (χ1v) is 7.37. The average molecular weight is 359 g/mol. The normalized spacial score (nSPS) is 11.1. The molecule has 10 heteroatoms. The number of aromatic nitrogens is 3. The van der Waals surface area contributed by atoms with Gasteiger partial charge in [0.25, 0.3) is 16.0 Å². The van der Waals surface area contributed by atoms with Gasteiger partial charge in [0, 0.05) is 4.47 Å². The van der Waals surface area contributed by atoms with Gasteiger partial charge in [-0.05, 0) is 34.1 Å². The zero-order valence-electron chi connectivity index (χ0n) is 9.69. The third-order valence-corrected chi connectivity index (χ3v) is 4.20. The monoisotopic (exact) mass is 358 g/mol. The van der Waals surface area contributed by atoms with Gasteiger partial charge in [-0.2, -0.15) is 5.10 Å². The van der Waals surface area contributed by atoms with Gasteiger partial charge >= 0.3 is 5.97 Å². The van der Waals surface area contributed by atoms with Crippen molar-refractivity contribution in [3.63, 3.8) is 0 Å². The summed E-state index contributed by atoms with van der Waals surface area (Å²) in [6.07, 6.45) is 2.56. The number of hydrogen-bond acceptors (Lipinski definition) is 6. The first-order chi connectivity index (χ1) is 9.40. The van der Waals surface area contributed by atoms with Crippen molar-refractivity contribution < 1.29 is 18.3 Å². The van der Waals surface area contributed by atoms with Gasteiger partial charge in [0.1, 0.15) is 0 Å². The number of sulfonamides is 1. The zero-order valence-corrected chi connectivity index (χ0v) is 12.1. The number of carboxylic acid groups (broad SMARTS) is 1. The fourth-order valence-corrected chi connectivity index (χ4v) is 2.70. The molecule has 1 heterocycles. The minimum atomic E-state index is -3.99. The van der Waals surface area contributed by atoms with Gasteiger partial charge in [-0.3, -0.25) is 0 Å². The molecule has 0 radical (unpaired) electrons. The number of aromatic carboxylic acids is 1. The molecule has 0 unspecified atom stereocenters. The number of hydrogen-bond donors (Lipinski definition) is 2. The summed E-state index contributed by atoms with van der Waals surface area (Å²) in [6, 6.07) is 3.63. The number of nitrogens with zero attached hydrogens (tertiary/aromatic N) is 3. The molecule has 0 aliphatic rings. The summed E-state index contributed by atoms with van der Waals surface area (Å²) < 4.78 is 26.5. The Morgan fingerprint density at radius 2 is 2.05 bits per heavy atom. The predicted molar refractivity (Wildman–Crippen MR) is 71.7 cm³/mol. The van der Waals surface area contributed by atoms with Crippen molar-refractivity contribution in [1.29, 1.82) is 0 Å². The Morgan fingerprint density at radius 3 is 2.65 bits per heavy atom. The Hall–Kier alpha value is -2.07. The lowest BCUT2D eigenvalue weighted by molar-refractivity contribution is 0.0695. The third kappa shape index (κ3) is 3.08. The van der Waals surface area contributed by atoms with E-state index in [4.69, 9.17) is 5.11 Å². The minimum Gasteiger partial charge on any atom is -0.478 e. The molecule has 1 aromatic heterocycles. The summed E-state index contributed by atoms with van der Waals surface area (Å²) in [5.74, 6) is -1.45. The van der Waals surface area contributed by atoms with Gasteiger partial charge in [0.2, 0.25) is 0 Å². The van der Waals surface area contributed by atoms with E-state index in [1.807, 2.05) is 0 Å². The van der Waals surface area contributed by atoms with Gasteiger partial charge in [-0.1, -0.05) is 0 Å². The van der Waals surface area contributed by atoms with Crippen LogP contribution < -0.4 is 4.72 Å². The molecular formula is C10H7BrN4O4S. The van der Waals surface area contributed by atoms with Crippen LogP contribution in [0.2, 0.25) is 0 Å². The van der Waals surface area contributed by atoms with E-state index in [2.05, 4.69) is 35.8 Å². The lowest BCUT2D eigenvalue weighted by Crippen LogP contribution is -2.16. The van der Waals surface area contributed by atoms with E-state index < -0.39 is 16.0 Å². The molecule has 0 bridgehead atoms. The highest BCUT2D eigenvalue weighted by Gasteiger charge is 2.19. The van der Waals surface area contributed by atoms with Crippen molar-refractivity contribution >= 4 is 37.9 Å². The molecule has 0 aliphatic carbocycles. The summed E-state index contributed by atoms with van der Waals surface area (Å²) in [4.78, 5) is 14.4. The van der Waals surface area contributed by atoms with Crippen LogP contribution in [-0.4, -0.2) is 34.7 Å². The number of benzene rings is 1. The maximum atomic E-state index is 12.1. The second-order valence-electron chi connectivity index (χ2n) is 3.52. The van der Waals surface area contributed by atoms with E-state index in [1.165, 1.54) is 24.5 Å². The van der Waals surface area contributed by atoms with Crippen LogP contribution in [0.1, 0.15) is 10.4 Å². The highest BCUT2D eigenvalue weighted by Crippen LogP contribution is 2.22. The van der Waals surface area contributed by atoms with Gasteiger partial charge in [0.05, 0.1) is 22.9 Å². The third-order valence-electron chi connectivity index (χ3n) is 2.19. The molecule has 1 aromatic carbocycles. The molecule has 2 aromatic rings. The SMILES string of the molecule is O=C(O)c1cc(S(=O)(=O)Nc2nccnn2)ccc1Br. The Bertz CT molecular complexity index is 751. The Balaban J connectivity index is 2.40. The first kappa shape index (κ1) is 14.3. The molecule has 104 valence electrons. The standard InChI is InChI=1S/C10H7BrN4O4S/c11-8-2-1-6(5-7(8)9(16)17)20(18,19)15-10-12-3-4-13-14-10/h1-5H,(H,16,17)(H,12,14,15). The van der Waals surface area contributed by atoms with Crippen LogP contribution in [-0.2, 0) is 10.0 Å². The Morgan fingerprint density at radius 1 is 1.30 bits per heavy atom. The summed E-state index contributed by atoms with van der Waals surface area (Å²) >= 11 is 3.03. The number of rotatable bonds is 4. The highest BCUT2D eigenvalue weighted by atomic mass is 79.9. The van der Waals surface area contributed by atoms with Gasteiger partial charge in [-0.25, -0.2) is 22.9 Å². The molecule has 8 nitrogen and oxygen atoms in total. The lowest BCUT2D eigenvalue weighted by atomic mass is 10.2. The quantitative estimate of drug-likeness (QED) is 0.839. The number of nitrogens with one attached hydrogen (secondary N) is 1. The molecular weight excluding hydrogens is 352 g/mol. The molecule has 2 rings (SSSR count). The van der Waals surface area contributed by atoms with E-state index in [1.54, 1.807) is 0 Å². The number of anilines is 1. The molecule has 0 aliphatic heterocycles. The average Bonchev–Trinajstić information content (AvgIpc) is 2.39. The van der Waals surface area contributed by atoms with Crippen LogP contribution >= 0.6 is 15.9 Å². The van der Waals surface area contributed by atoms with Crippen molar-refractivity contribution in [2.24, 2.45) is 0 Å². The maximum absolute atomic E-state index is 12.1. The van der Waals surface area contributed by atoms with Crippen molar-refractivity contribution in [2.75, 3.05) is 4.72 Å². The maximum Gasteiger partial charge on any atom is 0.336 e. The molecule has 0 saturated heterocycles. The van der Waals surface area contributed by atoms with E-state index >= 15 is 0 Å². The fourth-order valence-electron chi connectivity index (χ4n) is 1.31. The largest absolute Gasteiger partial charge is 0.478 e. The molecule has 2 N–H and O–H groups in total. The number of carboxylic acids is 1. The topological polar surface area (TPSA) is 122 Å². The van der Waals surface area contributed by atoms with Crippen LogP contribution in [0, 0.1) is 0 Å². The van der Waals surface area contributed by atoms with Crippen LogP contribution in [0.5, 0.6) is 0 Å². The number of carbonyl (C=O) groups is 1. The van der Waals surface area contributed by atoms with Crippen molar-refractivity contribution in [3.8, 4) is 0 Å². The van der Waals surface area contributed by atoms with Crippen LogP contribution in [0.25, 0.3) is 0 Å². The highest BCUT2D eigenvalue weighted by molar-refractivity contribution is 9.10. The molecule has 20 heavy (non-hydrogen) atoms. The molecule has 0 amide bonds. The summed E-state index contributed by atoms with van der Waals surface area (Å²) in [5, 5.41) is 15.9.